The van der Waals surface area contributed by atoms with Gasteiger partial charge in [0.25, 0.3) is 0 Å². The quantitative estimate of drug-likeness (QED) is 0.478. The summed E-state index contributed by atoms with van der Waals surface area (Å²) in [7, 11) is -3.53. The molecular formula is C11H23NO6S. The van der Waals surface area contributed by atoms with E-state index in [0.29, 0.717) is 6.42 Å². The van der Waals surface area contributed by atoms with Crippen LogP contribution >= 0.6 is 0 Å². The number of rotatable bonds is 6. The smallest absolute Gasteiger partial charge is 0.209 e. The Balaban J connectivity index is 2.86. The van der Waals surface area contributed by atoms with Crippen LogP contribution in [-0.4, -0.2) is 67.1 Å². The highest BCUT2D eigenvalue weighted by Gasteiger charge is 2.44. The Kier molecular flexibility index (Phi) is 6.15. The van der Waals surface area contributed by atoms with E-state index in [1.165, 1.54) is 0 Å². The van der Waals surface area contributed by atoms with E-state index in [9.17, 15) is 18.6 Å². The summed E-state index contributed by atoms with van der Waals surface area (Å²) in [6.07, 6.45) is -0.851. The van der Waals surface area contributed by atoms with E-state index in [0.717, 1.165) is 19.1 Å². The van der Waals surface area contributed by atoms with Crippen molar-refractivity contribution < 1.29 is 28.5 Å². The molecule has 0 radical (unpaired) electrons. The van der Waals surface area contributed by atoms with Gasteiger partial charge in [-0.25, -0.2) is 13.1 Å². The molecule has 0 amide bonds. The topological polar surface area (TPSA) is 116 Å². The minimum Gasteiger partial charge on any atom is -0.394 e. The maximum Gasteiger partial charge on any atom is 0.209 e. The predicted octanol–water partition coefficient (Wildman–Crippen LogP) is -1.42. The van der Waals surface area contributed by atoms with Gasteiger partial charge < -0.3 is 20.1 Å². The highest BCUT2D eigenvalue weighted by molar-refractivity contribution is 7.88. The van der Waals surface area contributed by atoms with Gasteiger partial charge in [-0.05, 0) is 6.42 Å². The van der Waals surface area contributed by atoms with Crippen LogP contribution in [0, 0.1) is 0 Å². The first kappa shape index (κ1) is 16.8. The number of unbranched alkanes of at least 4 members (excludes halogenated alkanes) is 1. The first-order valence-electron chi connectivity index (χ1n) is 6.40. The van der Waals surface area contributed by atoms with Crippen molar-refractivity contribution in [1.82, 2.24) is 4.72 Å². The van der Waals surface area contributed by atoms with Crippen LogP contribution in [0.15, 0.2) is 0 Å². The van der Waals surface area contributed by atoms with Crippen LogP contribution in [0.3, 0.4) is 0 Å². The van der Waals surface area contributed by atoms with Gasteiger partial charge in [0, 0.05) is 0 Å². The Hall–Kier alpha value is -0.250. The molecular weight excluding hydrogens is 274 g/mol. The third-order valence-electron chi connectivity index (χ3n) is 3.22. The summed E-state index contributed by atoms with van der Waals surface area (Å²) in [5.74, 6) is 0. The first-order valence-corrected chi connectivity index (χ1v) is 8.29. The Morgan fingerprint density at radius 3 is 2.32 bits per heavy atom. The van der Waals surface area contributed by atoms with Gasteiger partial charge in [-0.3, -0.25) is 0 Å². The van der Waals surface area contributed by atoms with E-state index in [-0.39, 0.29) is 0 Å². The van der Waals surface area contributed by atoms with Crippen LogP contribution in [0.25, 0.3) is 0 Å². The Labute approximate surface area is 113 Å². The van der Waals surface area contributed by atoms with Gasteiger partial charge in [0.2, 0.25) is 10.0 Å². The number of sulfonamides is 1. The summed E-state index contributed by atoms with van der Waals surface area (Å²) in [5.41, 5.74) is 0. The van der Waals surface area contributed by atoms with Gasteiger partial charge in [-0.1, -0.05) is 19.8 Å². The summed E-state index contributed by atoms with van der Waals surface area (Å²) in [5, 5.41) is 28.9. The molecule has 114 valence electrons. The molecule has 1 aliphatic rings. The number of hydrogen-bond acceptors (Lipinski definition) is 6. The van der Waals surface area contributed by atoms with Gasteiger partial charge in [0.05, 0.1) is 25.0 Å². The molecule has 0 bridgehead atoms. The van der Waals surface area contributed by atoms with Crippen molar-refractivity contribution in [2.45, 2.75) is 56.6 Å². The lowest BCUT2D eigenvalue weighted by Gasteiger charge is -2.42. The molecule has 0 spiro atoms. The third kappa shape index (κ3) is 4.66. The van der Waals surface area contributed by atoms with E-state index in [4.69, 9.17) is 9.84 Å². The van der Waals surface area contributed by atoms with Crippen LogP contribution in [0.5, 0.6) is 0 Å². The van der Waals surface area contributed by atoms with Crippen LogP contribution in [0.4, 0.5) is 0 Å². The molecule has 0 aromatic carbocycles. The lowest BCUT2D eigenvalue weighted by Crippen LogP contribution is -2.63. The lowest BCUT2D eigenvalue weighted by atomic mass is 9.91. The molecule has 4 N–H and O–H groups in total. The van der Waals surface area contributed by atoms with Gasteiger partial charge in [-0.2, -0.15) is 0 Å². The standard InChI is InChI=1S/C11H23NO6S/c1-3-4-5-7-9(12-19(2,16)17)11(15)10(14)8(6-13)18-7/h7-15H,3-6H2,1-2H3. The highest BCUT2D eigenvalue weighted by Crippen LogP contribution is 2.24. The molecule has 7 nitrogen and oxygen atoms in total. The van der Waals surface area contributed by atoms with Crippen molar-refractivity contribution in [1.29, 1.82) is 0 Å². The molecule has 1 fully saturated rings. The molecule has 1 aliphatic heterocycles. The van der Waals surface area contributed by atoms with E-state index in [2.05, 4.69) is 4.72 Å². The second-order valence-corrected chi connectivity index (χ2v) is 6.71. The summed E-state index contributed by atoms with van der Waals surface area (Å²) >= 11 is 0. The van der Waals surface area contributed by atoms with Gasteiger partial charge in [0.15, 0.2) is 0 Å². The molecule has 1 rings (SSSR count). The number of ether oxygens (including phenoxy) is 1. The number of hydrogen-bond donors (Lipinski definition) is 4. The minimum atomic E-state index is -3.53. The maximum absolute atomic E-state index is 11.3. The fourth-order valence-electron chi connectivity index (χ4n) is 2.24. The summed E-state index contributed by atoms with van der Waals surface area (Å²) < 4.78 is 30.4. The molecule has 5 unspecified atom stereocenters. The van der Waals surface area contributed by atoms with Gasteiger partial charge in [0.1, 0.15) is 18.3 Å². The van der Waals surface area contributed by atoms with Crippen LogP contribution < -0.4 is 4.72 Å². The number of aliphatic hydroxyl groups is 3. The molecule has 0 aliphatic carbocycles. The summed E-state index contributed by atoms with van der Waals surface area (Å²) in [6.45, 7) is 1.56. The molecule has 1 saturated heterocycles. The van der Waals surface area contributed by atoms with E-state index in [1.807, 2.05) is 6.92 Å². The third-order valence-corrected chi connectivity index (χ3v) is 3.92. The maximum atomic E-state index is 11.3. The van der Waals surface area contributed by atoms with E-state index >= 15 is 0 Å². The van der Waals surface area contributed by atoms with Crippen LogP contribution in [-0.2, 0) is 14.8 Å². The van der Waals surface area contributed by atoms with Crippen molar-refractivity contribution in [3.05, 3.63) is 0 Å². The van der Waals surface area contributed by atoms with Crippen molar-refractivity contribution in [2.24, 2.45) is 0 Å². The summed E-state index contributed by atoms with van der Waals surface area (Å²) in [4.78, 5) is 0. The zero-order chi connectivity index (χ0) is 14.6. The van der Waals surface area contributed by atoms with Crippen LogP contribution in [0.2, 0.25) is 0 Å². The van der Waals surface area contributed by atoms with Crippen molar-refractivity contribution >= 4 is 10.0 Å². The molecule has 0 aromatic rings. The summed E-state index contributed by atoms with van der Waals surface area (Å²) in [6, 6.07) is -0.903. The normalized spacial score (nSPS) is 36.4. The molecule has 1 heterocycles. The average molecular weight is 297 g/mol. The monoisotopic (exact) mass is 297 g/mol. The lowest BCUT2D eigenvalue weighted by molar-refractivity contribution is -0.192. The van der Waals surface area contributed by atoms with Crippen molar-refractivity contribution in [2.75, 3.05) is 12.9 Å². The molecule has 8 heteroatoms. The number of aliphatic hydroxyl groups excluding tert-OH is 3. The van der Waals surface area contributed by atoms with Gasteiger partial charge >= 0.3 is 0 Å². The fraction of sp³-hybridized carbons (Fsp3) is 1.00. The fourth-order valence-corrected chi connectivity index (χ4v) is 3.02. The number of nitrogens with one attached hydrogen (secondary N) is 1. The second-order valence-electron chi connectivity index (χ2n) is 4.93. The van der Waals surface area contributed by atoms with Gasteiger partial charge in [-0.15, -0.1) is 0 Å². The Morgan fingerprint density at radius 2 is 1.84 bits per heavy atom. The minimum absolute atomic E-state index is 0.424. The molecule has 19 heavy (non-hydrogen) atoms. The van der Waals surface area contributed by atoms with Crippen LogP contribution in [0.1, 0.15) is 26.2 Å². The largest absolute Gasteiger partial charge is 0.394 e. The Bertz CT molecular complexity index is 373. The van der Waals surface area contributed by atoms with E-state index in [1.54, 1.807) is 0 Å². The molecule has 5 atom stereocenters. The Morgan fingerprint density at radius 1 is 1.21 bits per heavy atom. The predicted molar refractivity (Wildman–Crippen MR) is 69.1 cm³/mol. The SMILES string of the molecule is CCCCC1OC(CO)C(O)C(O)C1NS(C)(=O)=O. The van der Waals surface area contributed by atoms with Crippen molar-refractivity contribution in [3.8, 4) is 0 Å². The second kappa shape index (κ2) is 6.96. The van der Waals surface area contributed by atoms with E-state index < -0.39 is 47.1 Å². The zero-order valence-electron chi connectivity index (χ0n) is 11.2. The average Bonchev–Trinajstić information content (AvgIpc) is 2.33. The molecule has 0 aromatic heterocycles. The highest BCUT2D eigenvalue weighted by atomic mass is 32.2. The molecule has 0 saturated carbocycles. The zero-order valence-corrected chi connectivity index (χ0v) is 12.0. The first-order chi connectivity index (χ1) is 8.80. The van der Waals surface area contributed by atoms with Crippen molar-refractivity contribution in [3.63, 3.8) is 0 Å².